The first-order valence-electron chi connectivity index (χ1n) is 10.5. The van der Waals surface area contributed by atoms with Crippen molar-refractivity contribution in [3.05, 3.63) is 131 Å². The Hall–Kier alpha value is -4.18. The van der Waals surface area contributed by atoms with E-state index < -0.39 is 5.54 Å². The van der Waals surface area contributed by atoms with E-state index in [-0.39, 0.29) is 11.5 Å². The molecule has 0 saturated heterocycles. The van der Waals surface area contributed by atoms with Gasteiger partial charge >= 0.3 is 0 Å². The molecule has 1 aliphatic heterocycles. The number of nitrogens with zero attached hydrogens (tertiary/aromatic N) is 2. The van der Waals surface area contributed by atoms with Crippen molar-refractivity contribution in [3.8, 4) is 11.5 Å². The molecule has 0 aliphatic carbocycles. The zero-order chi connectivity index (χ0) is 22.1. The van der Waals surface area contributed by atoms with Gasteiger partial charge in [0.25, 0.3) is 0 Å². The Morgan fingerprint density at radius 2 is 1.28 bits per heavy atom. The van der Waals surface area contributed by atoms with Gasteiger partial charge in [-0.1, -0.05) is 72.3 Å². The van der Waals surface area contributed by atoms with E-state index in [0.29, 0.717) is 0 Å². The Morgan fingerprint density at radius 3 is 1.94 bits per heavy atom. The molecule has 1 atom stereocenters. The van der Waals surface area contributed by atoms with Crippen LogP contribution < -0.4 is 0 Å². The van der Waals surface area contributed by atoms with Crippen LogP contribution in [0.25, 0.3) is 11.3 Å². The lowest BCUT2D eigenvalue weighted by atomic mass is 9.74. The first-order chi connectivity index (χ1) is 15.6. The largest absolute Gasteiger partial charge is 0.508 e. The van der Waals surface area contributed by atoms with Gasteiger partial charge in [-0.05, 0) is 60.0 Å². The first kappa shape index (κ1) is 19.8. The van der Waals surface area contributed by atoms with E-state index in [2.05, 4.69) is 37.3 Å². The molecule has 0 bridgehead atoms. The topological polar surface area (TPSA) is 65.2 Å². The van der Waals surface area contributed by atoms with Crippen LogP contribution >= 0.6 is 0 Å². The summed E-state index contributed by atoms with van der Waals surface area (Å²) in [5.74, 6) is 0.404. The third kappa shape index (κ3) is 3.26. The number of rotatable bonds is 4. The van der Waals surface area contributed by atoms with Gasteiger partial charge in [0.1, 0.15) is 11.5 Å². The van der Waals surface area contributed by atoms with Crippen LogP contribution in [-0.4, -0.2) is 10.2 Å². The molecule has 5 rings (SSSR count). The van der Waals surface area contributed by atoms with Gasteiger partial charge in [0, 0.05) is 11.1 Å². The smallest absolute Gasteiger partial charge is 0.160 e. The molecule has 4 aromatic carbocycles. The molecule has 2 N–H and O–H groups in total. The predicted octanol–water partition coefficient (Wildman–Crippen LogP) is 6.68. The van der Waals surface area contributed by atoms with E-state index >= 15 is 0 Å². The second-order valence-corrected chi connectivity index (χ2v) is 7.96. The van der Waals surface area contributed by atoms with Gasteiger partial charge in [0.2, 0.25) is 0 Å². The lowest BCUT2D eigenvalue weighted by Crippen LogP contribution is -2.25. The van der Waals surface area contributed by atoms with Crippen molar-refractivity contribution < 1.29 is 10.2 Å². The fraction of sp³-hybridized carbons (Fsp3) is 0.0714. The van der Waals surface area contributed by atoms with Crippen molar-refractivity contribution in [1.82, 2.24) is 0 Å². The average molecular weight is 418 g/mol. The monoisotopic (exact) mass is 418 g/mol. The molecule has 156 valence electrons. The second-order valence-electron chi connectivity index (χ2n) is 7.96. The summed E-state index contributed by atoms with van der Waals surface area (Å²) in [7, 11) is 0. The van der Waals surface area contributed by atoms with Gasteiger partial charge in [0.05, 0.1) is 5.70 Å². The maximum atomic E-state index is 9.95. The van der Waals surface area contributed by atoms with Crippen molar-refractivity contribution in [2.75, 3.05) is 0 Å². The Kier molecular flexibility index (Phi) is 4.83. The zero-order valence-electron chi connectivity index (χ0n) is 17.6. The maximum Gasteiger partial charge on any atom is 0.160 e. The van der Waals surface area contributed by atoms with Gasteiger partial charge in [-0.25, -0.2) is 0 Å². The van der Waals surface area contributed by atoms with E-state index in [1.165, 1.54) is 0 Å². The number of aromatic hydroxyl groups is 2. The van der Waals surface area contributed by atoms with E-state index in [4.69, 9.17) is 10.2 Å². The molecule has 1 aliphatic rings. The van der Waals surface area contributed by atoms with E-state index in [1.54, 1.807) is 24.3 Å². The van der Waals surface area contributed by atoms with Crippen molar-refractivity contribution in [1.29, 1.82) is 0 Å². The first-order valence-corrected chi connectivity index (χ1v) is 10.5. The number of phenolic OH excluding ortho intramolecular Hbond substituents is 2. The summed E-state index contributed by atoms with van der Waals surface area (Å²) >= 11 is 0. The lowest BCUT2D eigenvalue weighted by Gasteiger charge is -2.30. The molecule has 0 fully saturated rings. The van der Waals surface area contributed by atoms with Crippen molar-refractivity contribution >= 4 is 11.3 Å². The van der Waals surface area contributed by atoms with Gasteiger partial charge < -0.3 is 10.2 Å². The minimum atomic E-state index is -0.881. The van der Waals surface area contributed by atoms with Crippen LogP contribution in [0.3, 0.4) is 0 Å². The molecule has 0 spiro atoms. The maximum absolute atomic E-state index is 9.95. The minimum Gasteiger partial charge on any atom is -0.508 e. The summed E-state index contributed by atoms with van der Waals surface area (Å²) in [4.78, 5) is 0. The normalized spacial score (nSPS) is 17.7. The Bertz CT molecular complexity index is 1320. The minimum absolute atomic E-state index is 0.201. The van der Waals surface area contributed by atoms with Crippen LogP contribution in [0.4, 0.5) is 0 Å². The van der Waals surface area contributed by atoms with Crippen LogP contribution in [0.1, 0.15) is 27.8 Å². The van der Waals surface area contributed by atoms with Crippen LogP contribution in [-0.2, 0) is 5.54 Å². The van der Waals surface area contributed by atoms with E-state index in [0.717, 1.165) is 39.1 Å². The van der Waals surface area contributed by atoms with Gasteiger partial charge in [-0.3, -0.25) is 0 Å². The average Bonchev–Trinajstić information content (AvgIpc) is 3.22. The molecule has 0 aromatic heterocycles. The van der Waals surface area contributed by atoms with Gasteiger partial charge in [0.15, 0.2) is 5.54 Å². The summed E-state index contributed by atoms with van der Waals surface area (Å²) < 4.78 is 0. The molecule has 32 heavy (non-hydrogen) atoms. The summed E-state index contributed by atoms with van der Waals surface area (Å²) in [6, 6.07) is 32.6. The Balaban J connectivity index is 1.87. The van der Waals surface area contributed by atoms with Crippen molar-refractivity contribution in [2.24, 2.45) is 10.2 Å². The summed E-state index contributed by atoms with van der Waals surface area (Å²) in [6.07, 6.45) is 0. The third-order valence-corrected chi connectivity index (χ3v) is 5.82. The molecule has 4 nitrogen and oxygen atoms in total. The lowest BCUT2D eigenvalue weighted by molar-refractivity contribution is 0.474. The van der Waals surface area contributed by atoms with Gasteiger partial charge in [-0.2, -0.15) is 10.2 Å². The number of benzene rings is 4. The number of phenols is 2. The van der Waals surface area contributed by atoms with Crippen LogP contribution in [0.5, 0.6) is 11.5 Å². The van der Waals surface area contributed by atoms with Gasteiger partial charge in [-0.15, -0.1) is 0 Å². The summed E-state index contributed by atoms with van der Waals surface area (Å²) in [5.41, 5.74) is 5.76. The fourth-order valence-corrected chi connectivity index (χ4v) is 4.31. The molecule has 4 heteroatoms. The molecule has 0 radical (unpaired) electrons. The molecular weight excluding hydrogens is 396 g/mol. The van der Waals surface area contributed by atoms with Crippen LogP contribution in [0.2, 0.25) is 0 Å². The molecule has 4 aromatic rings. The molecule has 0 amide bonds. The van der Waals surface area contributed by atoms with Crippen LogP contribution in [0, 0.1) is 6.92 Å². The number of hydrogen-bond donors (Lipinski definition) is 2. The number of hydrogen-bond acceptors (Lipinski definition) is 4. The second kappa shape index (κ2) is 7.82. The Labute approximate surface area is 186 Å². The highest BCUT2D eigenvalue weighted by atomic mass is 16.3. The number of azo groups is 1. The molecule has 1 unspecified atom stereocenters. The molecule has 0 saturated carbocycles. The summed E-state index contributed by atoms with van der Waals surface area (Å²) in [5, 5.41) is 29.4. The molecular formula is C28H22N2O2. The van der Waals surface area contributed by atoms with E-state index in [1.807, 2.05) is 48.5 Å². The van der Waals surface area contributed by atoms with Crippen molar-refractivity contribution in [2.45, 2.75) is 12.5 Å². The zero-order valence-corrected chi connectivity index (χ0v) is 17.6. The highest BCUT2D eigenvalue weighted by molar-refractivity contribution is 5.98. The van der Waals surface area contributed by atoms with Crippen LogP contribution in [0.15, 0.2) is 113 Å². The SMILES string of the molecule is Cc1cccc(C2(c3ccc(O)cc3)N=NC(c3ccc(O)cc3)=C2c2ccccc2)c1. The fourth-order valence-electron chi connectivity index (χ4n) is 4.31. The third-order valence-electron chi connectivity index (χ3n) is 5.82. The summed E-state index contributed by atoms with van der Waals surface area (Å²) in [6.45, 7) is 2.06. The quantitative estimate of drug-likeness (QED) is 0.388. The van der Waals surface area contributed by atoms with Crippen molar-refractivity contribution in [3.63, 3.8) is 0 Å². The Morgan fingerprint density at radius 1 is 0.625 bits per heavy atom. The number of aryl methyl sites for hydroxylation is 1. The molecule has 1 heterocycles. The predicted molar refractivity (Wildman–Crippen MR) is 126 cm³/mol. The highest BCUT2D eigenvalue weighted by Gasteiger charge is 2.45. The highest BCUT2D eigenvalue weighted by Crippen LogP contribution is 2.53. The standard InChI is InChI=1S/C28H22N2O2/c1-19-6-5-9-23(18-19)28(22-12-16-25(32)17-13-22)26(20-7-3-2-4-8-20)27(29-30-28)21-10-14-24(31)15-11-21/h2-18,31-32H,1H3. The van der Waals surface area contributed by atoms with E-state index in [9.17, 15) is 10.2 Å².